The number of aryl methyl sites for hydroxylation is 1. The van der Waals surface area contributed by atoms with Crippen LogP contribution in [0.1, 0.15) is 39.5 Å². The third kappa shape index (κ3) is 11.6. The standard InChI is InChI=1S/C9H18N2O.C6H13N.C4H6N2O2/c1-2-3-10-4-5-11-6-8-12-9-7-11;1-2-7-5-3-4-6-7;1-2-3-5-6-4(7)8-3/h2-3,10H,4-9H2,1H3;2-6H2,1H3;2H2,1H3,(H,6,7). The van der Waals surface area contributed by atoms with Crippen molar-refractivity contribution in [2.24, 2.45) is 0 Å². The Morgan fingerprint density at radius 3 is 2.30 bits per heavy atom. The fourth-order valence-corrected chi connectivity index (χ4v) is 2.76. The number of allylic oxidation sites excluding steroid dienone is 1. The van der Waals surface area contributed by atoms with Gasteiger partial charge in [-0.15, -0.1) is 5.10 Å². The summed E-state index contributed by atoms with van der Waals surface area (Å²) in [5.74, 6) is -0.0307. The van der Waals surface area contributed by atoms with Crippen molar-refractivity contribution < 1.29 is 9.15 Å². The van der Waals surface area contributed by atoms with E-state index in [1.165, 1.54) is 32.5 Å². The minimum atomic E-state index is -0.484. The van der Waals surface area contributed by atoms with Crippen LogP contribution in [0, 0.1) is 0 Å². The van der Waals surface area contributed by atoms with Crippen LogP contribution in [0.4, 0.5) is 0 Å². The van der Waals surface area contributed by atoms with Crippen molar-refractivity contribution in [3.05, 3.63) is 28.7 Å². The predicted molar refractivity (Wildman–Crippen MR) is 108 cm³/mol. The van der Waals surface area contributed by atoms with Gasteiger partial charge in [0, 0.05) is 32.6 Å². The Morgan fingerprint density at radius 1 is 1.15 bits per heavy atom. The van der Waals surface area contributed by atoms with Gasteiger partial charge in [-0.05, 0) is 45.6 Å². The van der Waals surface area contributed by atoms with Crippen LogP contribution in [0.25, 0.3) is 0 Å². The zero-order chi connectivity index (χ0) is 19.7. The van der Waals surface area contributed by atoms with Crippen molar-refractivity contribution in [2.75, 3.05) is 59.0 Å². The molecule has 1 aromatic heterocycles. The van der Waals surface area contributed by atoms with Crippen LogP contribution in [-0.4, -0.2) is 79.0 Å². The summed E-state index contributed by atoms with van der Waals surface area (Å²) in [6, 6.07) is 0. The minimum absolute atomic E-state index is 0.454. The fourth-order valence-electron chi connectivity index (χ4n) is 2.76. The van der Waals surface area contributed by atoms with E-state index >= 15 is 0 Å². The Morgan fingerprint density at radius 2 is 1.85 bits per heavy atom. The van der Waals surface area contributed by atoms with Gasteiger partial charge in [0.25, 0.3) is 0 Å². The maximum atomic E-state index is 10.2. The zero-order valence-corrected chi connectivity index (χ0v) is 17.2. The van der Waals surface area contributed by atoms with Gasteiger partial charge in [0.15, 0.2) is 0 Å². The van der Waals surface area contributed by atoms with Crippen molar-refractivity contribution in [1.29, 1.82) is 0 Å². The molecule has 8 nitrogen and oxygen atoms in total. The maximum absolute atomic E-state index is 10.2. The van der Waals surface area contributed by atoms with Crippen molar-refractivity contribution in [2.45, 2.75) is 40.0 Å². The molecule has 0 radical (unpaired) electrons. The van der Waals surface area contributed by atoms with Crippen molar-refractivity contribution in [3.8, 4) is 0 Å². The Hall–Kier alpha value is -1.64. The maximum Gasteiger partial charge on any atom is 0.434 e. The topological polar surface area (TPSA) is 86.6 Å². The number of nitrogens with one attached hydrogen (secondary N) is 2. The molecule has 1 aromatic rings. The third-order valence-corrected chi connectivity index (χ3v) is 4.39. The molecule has 0 spiro atoms. The summed E-state index contributed by atoms with van der Waals surface area (Å²) in [6.45, 7) is 16.1. The van der Waals surface area contributed by atoms with E-state index in [1.54, 1.807) is 0 Å². The first-order chi connectivity index (χ1) is 13.2. The van der Waals surface area contributed by atoms with Gasteiger partial charge in [0.05, 0.1) is 13.2 Å². The van der Waals surface area contributed by atoms with E-state index in [4.69, 9.17) is 4.74 Å². The summed E-state index contributed by atoms with van der Waals surface area (Å²) < 4.78 is 9.76. The normalized spacial score (nSPS) is 17.9. The molecule has 2 N–H and O–H groups in total. The van der Waals surface area contributed by atoms with E-state index in [1.807, 2.05) is 26.1 Å². The quantitative estimate of drug-likeness (QED) is 0.719. The van der Waals surface area contributed by atoms with Crippen LogP contribution >= 0.6 is 0 Å². The molecule has 2 fully saturated rings. The number of nitrogens with zero attached hydrogens (tertiary/aromatic N) is 3. The highest BCUT2D eigenvalue weighted by Gasteiger charge is 2.08. The van der Waals surface area contributed by atoms with Gasteiger partial charge >= 0.3 is 5.76 Å². The van der Waals surface area contributed by atoms with Crippen LogP contribution in [0.15, 0.2) is 21.5 Å². The Bertz CT molecular complexity index is 531. The molecule has 3 rings (SSSR count). The smallest absolute Gasteiger partial charge is 0.393 e. The van der Waals surface area contributed by atoms with Gasteiger partial charge in [-0.25, -0.2) is 9.89 Å². The lowest BCUT2D eigenvalue weighted by atomic mass is 10.4. The first-order valence-corrected chi connectivity index (χ1v) is 10.1. The van der Waals surface area contributed by atoms with Gasteiger partial charge < -0.3 is 19.4 Å². The number of rotatable bonds is 6. The van der Waals surface area contributed by atoms with E-state index in [-0.39, 0.29) is 0 Å². The Labute approximate surface area is 162 Å². The molecular formula is C19H37N5O3. The van der Waals surface area contributed by atoms with Gasteiger partial charge in [-0.1, -0.05) is 19.9 Å². The number of aromatic amines is 1. The summed E-state index contributed by atoms with van der Waals surface area (Å²) in [6.07, 6.45) is 7.50. The van der Waals surface area contributed by atoms with Crippen LogP contribution in [-0.2, 0) is 11.2 Å². The highest BCUT2D eigenvalue weighted by molar-refractivity contribution is 4.74. The predicted octanol–water partition coefficient (Wildman–Crippen LogP) is 1.47. The lowest BCUT2D eigenvalue weighted by Crippen LogP contribution is -2.39. The van der Waals surface area contributed by atoms with Crippen LogP contribution in [0.5, 0.6) is 0 Å². The summed E-state index contributed by atoms with van der Waals surface area (Å²) in [7, 11) is 0. The Balaban J connectivity index is 0.000000212. The molecule has 0 bridgehead atoms. The summed E-state index contributed by atoms with van der Waals surface area (Å²) in [5.41, 5.74) is 0. The van der Waals surface area contributed by atoms with Crippen LogP contribution < -0.4 is 11.1 Å². The van der Waals surface area contributed by atoms with Gasteiger partial charge in [-0.3, -0.25) is 4.90 Å². The largest absolute Gasteiger partial charge is 0.434 e. The molecule has 2 aliphatic heterocycles. The molecule has 3 heterocycles. The second kappa shape index (κ2) is 15.4. The highest BCUT2D eigenvalue weighted by Crippen LogP contribution is 2.04. The second-order valence-electron chi connectivity index (χ2n) is 6.41. The SMILES string of the molecule is CC=CNCCN1CCOCC1.CCN1CCCC1.CCc1n[nH]c(=O)o1. The molecular weight excluding hydrogens is 346 g/mol. The van der Waals surface area contributed by atoms with Gasteiger partial charge in [0.2, 0.25) is 5.89 Å². The average Bonchev–Trinajstić information content (AvgIpc) is 3.38. The molecule has 0 saturated carbocycles. The van der Waals surface area contributed by atoms with Crippen molar-refractivity contribution in [3.63, 3.8) is 0 Å². The second-order valence-corrected chi connectivity index (χ2v) is 6.41. The molecule has 0 unspecified atom stereocenters. The van der Waals surface area contributed by atoms with Gasteiger partial charge in [0.1, 0.15) is 0 Å². The third-order valence-electron chi connectivity index (χ3n) is 4.39. The van der Waals surface area contributed by atoms with Crippen LogP contribution in [0.2, 0.25) is 0 Å². The first kappa shape index (κ1) is 23.4. The summed E-state index contributed by atoms with van der Waals surface area (Å²) in [4.78, 5) is 15.1. The lowest BCUT2D eigenvalue weighted by molar-refractivity contribution is 0.0388. The molecule has 0 aliphatic carbocycles. The molecule has 2 saturated heterocycles. The number of aromatic nitrogens is 2. The number of ether oxygens (including phenoxy) is 1. The van der Waals surface area contributed by atoms with E-state index < -0.39 is 5.76 Å². The molecule has 0 aromatic carbocycles. The highest BCUT2D eigenvalue weighted by atomic mass is 16.5. The van der Waals surface area contributed by atoms with E-state index in [2.05, 4.69) is 36.7 Å². The van der Waals surface area contributed by atoms with Crippen molar-refractivity contribution >= 4 is 0 Å². The lowest BCUT2D eigenvalue weighted by Gasteiger charge is -2.26. The fraction of sp³-hybridized carbons (Fsp3) is 0.789. The molecule has 8 heteroatoms. The number of hydrogen-bond acceptors (Lipinski definition) is 7. The van der Waals surface area contributed by atoms with Gasteiger partial charge in [-0.2, -0.15) is 0 Å². The Kier molecular flexibility index (Phi) is 13.4. The molecule has 27 heavy (non-hydrogen) atoms. The molecule has 156 valence electrons. The number of hydrogen-bond donors (Lipinski definition) is 2. The summed E-state index contributed by atoms with van der Waals surface area (Å²) in [5, 5.41) is 8.90. The average molecular weight is 384 g/mol. The van der Waals surface area contributed by atoms with E-state index in [0.717, 1.165) is 39.4 Å². The number of morpholine rings is 1. The van der Waals surface area contributed by atoms with E-state index in [9.17, 15) is 4.79 Å². The van der Waals surface area contributed by atoms with Crippen LogP contribution in [0.3, 0.4) is 0 Å². The van der Waals surface area contributed by atoms with E-state index in [0.29, 0.717) is 12.3 Å². The zero-order valence-electron chi connectivity index (χ0n) is 17.2. The first-order valence-electron chi connectivity index (χ1n) is 10.1. The summed E-state index contributed by atoms with van der Waals surface area (Å²) >= 11 is 0. The minimum Gasteiger partial charge on any atom is -0.393 e. The number of likely N-dealkylation sites (tertiary alicyclic amines) is 1. The molecule has 0 atom stereocenters. The van der Waals surface area contributed by atoms with Crippen molar-refractivity contribution in [1.82, 2.24) is 25.3 Å². The molecule has 2 aliphatic rings. The number of H-pyrrole nitrogens is 1. The molecule has 0 amide bonds. The monoisotopic (exact) mass is 383 g/mol.